The molecule has 0 radical (unpaired) electrons. The van der Waals surface area contributed by atoms with Crippen molar-refractivity contribution in [2.24, 2.45) is 0 Å². The summed E-state index contributed by atoms with van der Waals surface area (Å²) in [5.74, 6) is 0.243. The third kappa shape index (κ3) is 5.15. The maximum atomic E-state index is 9.79. The zero-order chi connectivity index (χ0) is 16.3. The Morgan fingerprint density at radius 1 is 1.00 bits per heavy atom. The fourth-order valence-electron chi connectivity index (χ4n) is 2.53. The van der Waals surface area contributed by atoms with Gasteiger partial charge in [-0.2, -0.15) is 0 Å². The van der Waals surface area contributed by atoms with E-state index in [9.17, 15) is 5.11 Å². The van der Waals surface area contributed by atoms with Gasteiger partial charge in [0.1, 0.15) is 5.75 Å². The summed E-state index contributed by atoms with van der Waals surface area (Å²) in [4.78, 5) is 2.11. The van der Waals surface area contributed by atoms with Gasteiger partial charge in [0, 0.05) is 6.54 Å². The van der Waals surface area contributed by atoms with Gasteiger partial charge in [0.2, 0.25) is 0 Å². The lowest BCUT2D eigenvalue weighted by Crippen LogP contribution is -2.15. The number of rotatable bonds is 4. The highest BCUT2D eigenvalue weighted by Crippen LogP contribution is 2.33. The van der Waals surface area contributed by atoms with Gasteiger partial charge < -0.3 is 10.0 Å². The summed E-state index contributed by atoms with van der Waals surface area (Å²) in [7, 11) is 4.05. The molecule has 1 N–H and O–H groups in total. The first-order valence-corrected chi connectivity index (χ1v) is 7.73. The lowest BCUT2D eigenvalue weighted by Gasteiger charge is -2.17. The number of likely N-dealkylation sites (N-methyl/N-ethyl adjacent to an activating group) is 1. The fraction of sp³-hybridized carbons (Fsp3) is 0.222. The van der Waals surface area contributed by atoms with Gasteiger partial charge in [-0.15, -0.1) is 12.4 Å². The first-order valence-electron chi connectivity index (χ1n) is 6.98. The molecule has 0 bridgehead atoms. The molecule has 0 aliphatic carbocycles. The Bertz CT molecular complexity index is 711. The van der Waals surface area contributed by atoms with Crippen molar-refractivity contribution in [3.63, 3.8) is 0 Å². The molecule has 0 aromatic heterocycles. The second-order valence-corrected chi connectivity index (χ2v) is 6.39. The van der Waals surface area contributed by atoms with Crippen molar-refractivity contribution < 1.29 is 5.11 Å². The highest BCUT2D eigenvalue weighted by Gasteiger charge is 2.12. The molecule has 0 atom stereocenters. The summed E-state index contributed by atoms with van der Waals surface area (Å²) < 4.78 is 0. The SMILES string of the molecule is CC(CN(C)C)=C(c1cccc(O)c1)c1ccc(Cl)c(Cl)c1.Cl. The van der Waals surface area contributed by atoms with E-state index in [2.05, 4.69) is 11.8 Å². The molecule has 0 spiro atoms. The monoisotopic (exact) mass is 371 g/mol. The average Bonchev–Trinajstić information content (AvgIpc) is 2.42. The van der Waals surface area contributed by atoms with Crippen LogP contribution < -0.4 is 0 Å². The molecule has 0 fully saturated rings. The van der Waals surface area contributed by atoms with E-state index in [-0.39, 0.29) is 18.2 Å². The van der Waals surface area contributed by atoms with Gasteiger partial charge in [-0.25, -0.2) is 0 Å². The topological polar surface area (TPSA) is 23.5 Å². The summed E-state index contributed by atoms with van der Waals surface area (Å²) in [5.41, 5.74) is 4.19. The van der Waals surface area contributed by atoms with Crippen LogP contribution in [0.1, 0.15) is 18.1 Å². The highest BCUT2D eigenvalue weighted by molar-refractivity contribution is 6.42. The maximum absolute atomic E-state index is 9.79. The number of phenolic OH excluding ortho intramolecular Hbond substituents is 1. The zero-order valence-electron chi connectivity index (χ0n) is 13.3. The Morgan fingerprint density at radius 3 is 2.22 bits per heavy atom. The summed E-state index contributed by atoms with van der Waals surface area (Å²) in [6, 6.07) is 12.9. The van der Waals surface area contributed by atoms with Crippen molar-refractivity contribution in [3.05, 3.63) is 69.2 Å². The van der Waals surface area contributed by atoms with Crippen molar-refractivity contribution in [1.29, 1.82) is 0 Å². The number of hydrogen-bond donors (Lipinski definition) is 1. The summed E-state index contributed by atoms with van der Waals surface area (Å²) in [5, 5.41) is 10.8. The Kier molecular flexibility index (Phi) is 7.43. The summed E-state index contributed by atoms with van der Waals surface area (Å²) >= 11 is 12.2. The molecular formula is C18H20Cl3NO. The number of phenols is 1. The Labute approximate surface area is 153 Å². The summed E-state index contributed by atoms with van der Waals surface area (Å²) in [6.45, 7) is 2.90. The van der Waals surface area contributed by atoms with Gasteiger partial charge in [0.15, 0.2) is 0 Å². The number of halogens is 3. The van der Waals surface area contributed by atoms with E-state index in [4.69, 9.17) is 23.2 Å². The number of hydrogen-bond acceptors (Lipinski definition) is 2. The van der Waals surface area contributed by atoms with Crippen LogP contribution in [0.25, 0.3) is 5.57 Å². The van der Waals surface area contributed by atoms with E-state index in [1.807, 2.05) is 38.4 Å². The predicted molar refractivity (Wildman–Crippen MR) is 102 cm³/mol. The Balaban J connectivity index is 0.00000264. The molecule has 0 amide bonds. The van der Waals surface area contributed by atoms with Crippen LogP contribution in [0.15, 0.2) is 48.0 Å². The van der Waals surface area contributed by atoms with E-state index in [0.29, 0.717) is 10.0 Å². The molecular weight excluding hydrogens is 353 g/mol. The third-order valence-electron chi connectivity index (χ3n) is 3.32. The molecule has 23 heavy (non-hydrogen) atoms. The van der Waals surface area contributed by atoms with Gasteiger partial charge >= 0.3 is 0 Å². The lowest BCUT2D eigenvalue weighted by molar-refractivity contribution is 0.446. The third-order valence-corrected chi connectivity index (χ3v) is 4.06. The average molecular weight is 373 g/mol. The molecule has 0 unspecified atom stereocenters. The van der Waals surface area contributed by atoms with Gasteiger partial charge in [-0.05, 0) is 62.0 Å². The van der Waals surface area contributed by atoms with Crippen LogP contribution in [0.2, 0.25) is 10.0 Å². The Hall–Kier alpha value is -1.19. The minimum Gasteiger partial charge on any atom is -0.508 e. The molecule has 0 aliphatic rings. The molecule has 2 rings (SSSR count). The second-order valence-electron chi connectivity index (χ2n) is 5.57. The van der Waals surface area contributed by atoms with Crippen LogP contribution in [0.5, 0.6) is 5.75 Å². The van der Waals surface area contributed by atoms with Crippen LogP contribution in [0.3, 0.4) is 0 Å². The molecule has 5 heteroatoms. The molecule has 0 aliphatic heterocycles. The first kappa shape index (κ1) is 19.9. The number of benzene rings is 2. The fourth-order valence-corrected chi connectivity index (χ4v) is 2.82. The highest BCUT2D eigenvalue weighted by atomic mass is 35.5. The molecule has 2 aromatic rings. The van der Waals surface area contributed by atoms with Crippen molar-refractivity contribution in [2.75, 3.05) is 20.6 Å². The summed E-state index contributed by atoms with van der Waals surface area (Å²) in [6.07, 6.45) is 0. The smallest absolute Gasteiger partial charge is 0.116 e. The molecule has 2 aromatic carbocycles. The van der Waals surface area contributed by atoms with E-state index < -0.39 is 0 Å². The van der Waals surface area contributed by atoms with Crippen molar-refractivity contribution in [1.82, 2.24) is 4.90 Å². The van der Waals surface area contributed by atoms with Crippen LogP contribution in [-0.2, 0) is 0 Å². The van der Waals surface area contributed by atoms with Crippen LogP contribution in [0.4, 0.5) is 0 Å². The van der Waals surface area contributed by atoms with Gasteiger partial charge in [0.05, 0.1) is 10.0 Å². The lowest BCUT2D eigenvalue weighted by atomic mass is 9.93. The van der Waals surface area contributed by atoms with Gasteiger partial charge in [-0.1, -0.05) is 47.0 Å². The van der Waals surface area contributed by atoms with Crippen molar-refractivity contribution in [2.45, 2.75) is 6.92 Å². The zero-order valence-corrected chi connectivity index (χ0v) is 15.6. The first-order chi connectivity index (χ1) is 10.4. The van der Waals surface area contributed by atoms with Gasteiger partial charge in [-0.3, -0.25) is 0 Å². The van der Waals surface area contributed by atoms with Crippen LogP contribution in [-0.4, -0.2) is 30.6 Å². The maximum Gasteiger partial charge on any atom is 0.116 e. The quantitative estimate of drug-likeness (QED) is 0.765. The van der Waals surface area contributed by atoms with E-state index in [1.165, 1.54) is 5.57 Å². The Morgan fingerprint density at radius 2 is 1.65 bits per heavy atom. The van der Waals surface area contributed by atoms with Crippen molar-refractivity contribution >= 4 is 41.2 Å². The molecule has 124 valence electrons. The van der Waals surface area contributed by atoms with Crippen molar-refractivity contribution in [3.8, 4) is 5.75 Å². The van der Waals surface area contributed by atoms with Gasteiger partial charge in [0.25, 0.3) is 0 Å². The minimum atomic E-state index is 0. The van der Waals surface area contributed by atoms with Crippen LogP contribution >= 0.6 is 35.6 Å². The van der Waals surface area contributed by atoms with E-state index in [0.717, 1.165) is 23.2 Å². The largest absolute Gasteiger partial charge is 0.508 e. The minimum absolute atomic E-state index is 0. The standard InChI is InChI=1S/C18H19Cl2NO.ClH/c1-12(11-21(2)3)18(13-5-4-6-15(22)9-13)14-7-8-16(19)17(20)10-14;/h4-10,22H,11H2,1-3H3;1H. The molecule has 0 saturated carbocycles. The number of aromatic hydroxyl groups is 1. The van der Waals surface area contributed by atoms with E-state index >= 15 is 0 Å². The second kappa shape index (κ2) is 8.60. The van der Waals surface area contributed by atoms with E-state index in [1.54, 1.807) is 18.2 Å². The molecule has 0 saturated heterocycles. The van der Waals surface area contributed by atoms with Crippen LogP contribution in [0, 0.1) is 0 Å². The molecule has 0 heterocycles. The number of nitrogens with zero attached hydrogens (tertiary/aromatic N) is 1. The normalized spacial score (nSPS) is 11.9. The predicted octanol–water partition coefficient (Wildman–Crippen LogP) is 5.50. The molecule has 2 nitrogen and oxygen atoms in total.